The fraction of sp³-hybridized carbons (Fsp3) is 0.833. The van der Waals surface area contributed by atoms with Crippen molar-refractivity contribution in [1.29, 1.82) is 0 Å². The van der Waals surface area contributed by atoms with Crippen molar-refractivity contribution in [2.75, 3.05) is 0 Å². The molecule has 0 amide bonds. The zero-order valence-corrected chi connectivity index (χ0v) is 11.6. The van der Waals surface area contributed by atoms with E-state index in [1.807, 2.05) is 27.7 Å². The van der Waals surface area contributed by atoms with Crippen molar-refractivity contribution in [3.05, 3.63) is 0 Å². The van der Waals surface area contributed by atoms with Gasteiger partial charge in [0.2, 0.25) is 0 Å². The van der Waals surface area contributed by atoms with Gasteiger partial charge in [-0.2, -0.15) is 0 Å². The lowest BCUT2D eigenvalue weighted by atomic mass is 10.0. The van der Waals surface area contributed by atoms with Gasteiger partial charge < -0.3 is 21.7 Å². The quantitative estimate of drug-likeness (QED) is 0.563. The molecule has 0 saturated heterocycles. The summed E-state index contributed by atoms with van der Waals surface area (Å²) in [6.07, 6.45) is 1.36. The van der Waals surface area contributed by atoms with Gasteiger partial charge >= 0.3 is 11.9 Å². The Hall–Kier alpha value is -1.14. The Morgan fingerprint density at radius 2 is 1.50 bits per heavy atom. The molecule has 0 radical (unpaired) electrons. The second-order valence-electron chi connectivity index (χ2n) is 4.82. The minimum absolute atomic E-state index is 0.0718. The van der Waals surface area contributed by atoms with Gasteiger partial charge in [0.1, 0.15) is 12.1 Å². The Kier molecular flexibility index (Phi) is 10.5. The summed E-state index contributed by atoms with van der Waals surface area (Å²) in [6, 6.07) is -1.39. The first-order valence-electron chi connectivity index (χ1n) is 6.10. The SMILES string of the molecule is CC(C)C[C@H](N)C(=O)O.CC[C@H](C)[C@H](N)C(=O)O. The molecule has 0 aromatic rings. The first kappa shape index (κ1) is 19.2. The molecule has 0 saturated carbocycles. The second kappa shape index (κ2) is 9.85. The zero-order valence-electron chi connectivity index (χ0n) is 11.6. The summed E-state index contributed by atoms with van der Waals surface area (Å²) in [5.41, 5.74) is 10.5. The van der Waals surface area contributed by atoms with Crippen LogP contribution in [-0.4, -0.2) is 34.2 Å². The van der Waals surface area contributed by atoms with Gasteiger partial charge in [0.25, 0.3) is 0 Å². The smallest absolute Gasteiger partial charge is 0.320 e. The van der Waals surface area contributed by atoms with Crippen LogP contribution in [0.15, 0.2) is 0 Å². The van der Waals surface area contributed by atoms with Crippen molar-refractivity contribution in [1.82, 2.24) is 0 Å². The van der Waals surface area contributed by atoms with E-state index < -0.39 is 24.0 Å². The van der Waals surface area contributed by atoms with Gasteiger partial charge in [0.15, 0.2) is 0 Å². The second-order valence-corrected chi connectivity index (χ2v) is 4.82. The molecule has 6 heteroatoms. The number of carboxylic acids is 2. The third kappa shape index (κ3) is 10.0. The highest BCUT2D eigenvalue weighted by molar-refractivity contribution is 5.73. The van der Waals surface area contributed by atoms with Crippen LogP contribution in [0.1, 0.15) is 40.5 Å². The molecule has 0 aliphatic rings. The van der Waals surface area contributed by atoms with Gasteiger partial charge in [0, 0.05) is 0 Å². The van der Waals surface area contributed by atoms with Crippen LogP contribution in [-0.2, 0) is 9.59 Å². The first-order valence-corrected chi connectivity index (χ1v) is 6.10. The molecule has 0 bridgehead atoms. The fourth-order valence-electron chi connectivity index (χ4n) is 1.11. The molecule has 0 fully saturated rings. The zero-order chi connectivity index (χ0) is 14.9. The maximum absolute atomic E-state index is 10.2. The van der Waals surface area contributed by atoms with E-state index in [0.29, 0.717) is 12.3 Å². The molecular weight excluding hydrogens is 236 g/mol. The van der Waals surface area contributed by atoms with Crippen LogP contribution in [0.3, 0.4) is 0 Å². The van der Waals surface area contributed by atoms with Crippen molar-refractivity contribution in [2.45, 2.75) is 52.6 Å². The molecule has 0 rings (SSSR count). The van der Waals surface area contributed by atoms with E-state index in [1.54, 1.807) is 0 Å². The van der Waals surface area contributed by atoms with E-state index >= 15 is 0 Å². The number of aliphatic carboxylic acids is 2. The largest absolute Gasteiger partial charge is 0.480 e. The number of hydrogen-bond acceptors (Lipinski definition) is 4. The predicted octanol–water partition coefficient (Wildman–Crippen LogP) is 0.889. The van der Waals surface area contributed by atoms with E-state index in [-0.39, 0.29) is 5.92 Å². The molecule has 0 aromatic heterocycles. The molecule has 108 valence electrons. The van der Waals surface area contributed by atoms with E-state index in [9.17, 15) is 9.59 Å². The minimum atomic E-state index is -0.913. The summed E-state index contributed by atoms with van der Waals surface area (Å²) in [5, 5.41) is 16.7. The van der Waals surface area contributed by atoms with Gasteiger partial charge in [-0.25, -0.2) is 0 Å². The fourth-order valence-corrected chi connectivity index (χ4v) is 1.11. The monoisotopic (exact) mass is 262 g/mol. The van der Waals surface area contributed by atoms with E-state index in [1.165, 1.54) is 0 Å². The molecule has 0 aromatic carbocycles. The van der Waals surface area contributed by atoms with Crippen molar-refractivity contribution in [3.8, 4) is 0 Å². The first-order chi connectivity index (χ1) is 8.13. The van der Waals surface area contributed by atoms with Gasteiger partial charge in [-0.05, 0) is 18.3 Å². The van der Waals surface area contributed by atoms with Gasteiger partial charge in [-0.1, -0.05) is 34.1 Å². The van der Waals surface area contributed by atoms with Crippen LogP contribution in [0.4, 0.5) is 0 Å². The standard InChI is InChI=1S/2C6H13NO2/c1-4(2)3-5(7)6(8)9;1-3-4(2)5(7)6(8)9/h2*4-5H,3,7H2,1-2H3,(H,8,9)/t5-;4-,5-/m00/s1. The number of hydrogen-bond donors (Lipinski definition) is 4. The maximum Gasteiger partial charge on any atom is 0.320 e. The third-order valence-corrected chi connectivity index (χ3v) is 2.58. The molecule has 3 atom stereocenters. The van der Waals surface area contributed by atoms with E-state index in [4.69, 9.17) is 21.7 Å². The molecule has 0 unspecified atom stereocenters. The highest BCUT2D eigenvalue weighted by Crippen LogP contribution is 2.04. The van der Waals surface area contributed by atoms with Crippen LogP contribution in [0.25, 0.3) is 0 Å². The predicted molar refractivity (Wildman–Crippen MR) is 70.1 cm³/mol. The summed E-state index contributed by atoms with van der Waals surface area (Å²) in [5.74, 6) is -1.40. The summed E-state index contributed by atoms with van der Waals surface area (Å²) in [6.45, 7) is 7.65. The van der Waals surface area contributed by atoms with Crippen LogP contribution >= 0.6 is 0 Å². The van der Waals surface area contributed by atoms with Crippen LogP contribution < -0.4 is 11.5 Å². The summed E-state index contributed by atoms with van der Waals surface area (Å²) >= 11 is 0. The lowest BCUT2D eigenvalue weighted by Crippen LogP contribution is -2.36. The molecule has 6 N–H and O–H groups in total. The Morgan fingerprint density at radius 1 is 1.06 bits per heavy atom. The molecule has 0 heterocycles. The molecule has 0 spiro atoms. The van der Waals surface area contributed by atoms with Gasteiger partial charge in [-0.15, -0.1) is 0 Å². The normalized spacial score (nSPS) is 15.3. The topological polar surface area (TPSA) is 127 Å². The highest BCUT2D eigenvalue weighted by Gasteiger charge is 2.17. The summed E-state index contributed by atoms with van der Waals surface area (Å²) < 4.78 is 0. The van der Waals surface area contributed by atoms with Crippen molar-refractivity contribution < 1.29 is 19.8 Å². The Bertz CT molecular complexity index is 256. The minimum Gasteiger partial charge on any atom is -0.480 e. The lowest BCUT2D eigenvalue weighted by molar-refractivity contribution is -0.140. The molecular formula is C12H26N2O4. The average Bonchev–Trinajstić information content (AvgIpc) is 2.26. The highest BCUT2D eigenvalue weighted by atomic mass is 16.4. The van der Waals surface area contributed by atoms with E-state index in [0.717, 1.165) is 6.42 Å². The van der Waals surface area contributed by atoms with Crippen LogP contribution in [0.5, 0.6) is 0 Å². The van der Waals surface area contributed by atoms with Gasteiger partial charge in [0.05, 0.1) is 0 Å². The Morgan fingerprint density at radius 3 is 1.61 bits per heavy atom. The molecule has 0 aliphatic heterocycles. The van der Waals surface area contributed by atoms with Crippen LogP contribution in [0.2, 0.25) is 0 Å². The number of nitrogens with two attached hydrogens (primary N) is 2. The molecule has 6 nitrogen and oxygen atoms in total. The maximum atomic E-state index is 10.2. The average molecular weight is 262 g/mol. The van der Waals surface area contributed by atoms with E-state index in [2.05, 4.69) is 0 Å². The number of carbonyl (C=O) groups is 2. The van der Waals surface area contributed by atoms with Crippen LogP contribution in [0, 0.1) is 11.8 Å². The van der Waals surface area contributed by atoms with Crippen molar-refractivity contribution in [2.24, 2.45) is 23.3 Å². The third-order valence-electron chi connectivity index (χ3n) is 2.58. The van der Waals surface area contributed by atoms with Crippen molar-refractivity contribution in [3.63, 3.8) is 0 Å². The van der Waals surface area contributed by atoms with Crippen molar-refractivity contribution >= 4 is 11.9 Å². The van der Waals surface area contributed by atoms with Gasteiger partial charge in [-0.3, -0.25) is 9.59 Å². The Labute approximate surface area is 108 Å². The molecule has 0 aliphatic carbocycles. The Balaban J connectivity index is 0. The number of rotatable bonds is 6. The summed E-state index contributed by atoms with van der Waals surface area (Å²) in [7, 11) is 0. The lowest BCUT2D eigenvalue weighted by Gasteiger charge is -2.11. The number of carboxylic acid groups (broad SMARTS) is 2. The summed E-state index contributed by atoms with van der Waals surface area (Å²) in [4.78, 5) is 20.3. The molecule has 18 heavy (non-hydrogen) atoms.